The summed E-state index contributed by atoms with van der Waals surface area (Å²) in [6.07, 6.45) is 5.59. The zero-order chi connectivity index (χ0) is 11.9. The second kappa shape index (κ2) is 6.86. The molecule has 1 aliphatic heterocycles. The summed E-state index contributed by atoms with van der Waals surface area (Å²) in [7, 11) is 0. The monoisotopic (exact) mass is 228 g/mol. The molecule has 3 N–H and O–H groups in total. The maximum Gasteiger partial charge on any atom is 0.240 e. The van der Waals surface area contributed by atoms with E-state index in [9.17, 15) is 4.79 Å². The van der Waals surface area contributed by atoms with Crippen molar-refractivity contribution in [2.24, 2.45) is 0 Å². The standard InChI is InChI=1S/C12H24N2O2/c1-2-6-12(7-5-9-14-12)11(16)13-8-3-4-10-15/h14-15H,2-10H2,1H3,(H,13,16). The van der Waals surface area contributed by atoms with Gasteiger partial charge in [0.15, 0.2) is 0 Å². The predicted molar refractivity (Wildman–Crippen MR) is 64.2 cm³/mol. The largest absolute Gasteiger partial charge is 0.396 e. The van der Waals surface area contributed by atoms with Gasteiger partial charge in [-0.05, 0) is 38.6 Å². The second-order valence-corrected chi connectivity index (χ2v) is 4.55. The zero-order valence-corrected chi connectivity index (χ0v) is 10.2. The summed E-state index contributed by atoms with van der Waals surface area (Å²) in [5, 5.41) is 15.0. The molecular weight excluding hydrogens is 204 g/mol. The Hall–Kier alpha value is -0.610. The fourth-order valence-electron chi connectivity index (χ4n) is 2.36. The van der Waals surface area contributed by atoms with Gasteiger partial charge in [-0.1, -0.05) is 13.3 Å². The van der Waals surface area contributed by atoms with Gasteiger partial charge in [0, 0.05) is 13.2 Å². The van der Waals surface area contributed by atoms with Crippen LogP contribution in [-0.4, -0.2) is 36.2 Å². The first-order valence-electron chi connectivity index (χ1n) is 6.39. The van der Waals surface area contributed by atoms with Gasteiger partial charge in [-0.3, -0.25) is 4.79 Å². The van der Waals surface area contributed by atoms with Crippen LogP contribution in [0.5, 0.6) is 0 Å². The number of hydrogen-bond acceptors (Lipinski definition) is 3. The minimum Gasteiger partial charge on any atom is -0.396 e. The zero-order valence-electron chi connectivity index (χ0n) is 10.2. The SMILES string of the molecule is CCCC1(C(=O)NCCCCO)CCCN1. The smallest absolute Gasteiger partial charge is 0.240 e. The van der Waals surface area contributed by atoms with Crippen molar-refractivity contribution in [3.63, 3.8) is 0 Å². The topological polar surface area (TPSA) is 61.4 Å². The molecule has 0 spiro atoms. The number of nitrogens with one attached hydrogen (secondary N) is 2. The van der Waals surface area contributed by atoms with Gasteiger partial charge in [-0.25, -0.2) is 0 Å². The molecule has 0 bridgehead atoms. The maximum absolute atomic E-state index is 12.1. The van der Waals surface area contributed by atoms with Gasteiger partial charge >= 0.3 is 0 Å². The molecule has 0 radical (unpaired) electrons. The summed E-state index contributed by atoms with van der Waals surface area (Å²) in [5.74, 6) is 0.143. The van der Waals surface area contributed by atoms with Crippen molar-refractivity contribution in [1.82, 2.24) is 10.6 Å². The van der Waals surface area contributed by atoms with E-state index in [1.54, 1.807) is 0 Å². The van der Waals surface area contributed by atoms with Crippen molar-refractivity contribution in [2.75, 3.05) is 19.7 Å². The summed E-state index contributed by atoms with van der Waals surface area (Å²) in [4.78, 5) is 12.1. The van der Waals surface area contributed by atoms with E-state index in [1.165, 1.54) is 0 Å². The van der Waals surface area contributed by atoms with E-state index >= 15 is 0 Å². The molecule has 1 aliphatic rings. The molecule has 0 aromatic rings. The highest BCUT2D eigenvalue weighted by atomic mass is 16.2. The summed E-state index contributed by atoms with van der Waals surface area (Å²) in [6.45, 7) is 3.94. The lowest BCUT2D eigenvalue weighted by molar-refractivity contribution is -0.127. The number of carbonyl (C=O) groups excluding carboxylic acids is 1. The van der Waals surface area contributed by atoms with Crippen LogP contribution in [0.4, 0.5) is 0 Å². The molecule has 94 valence electrons. The van der Waals surface area contributed by atoms with Crippen LogP contribution in [-0.2, 0) is 4.79 Å². The molecule has 1 unspecified atom stereocenters. The van der Waals surface area contributed by atoms with Crippen molar-refractivity contribution < 1.29 is 9.90 Å². The van der Waals surface area contributed by atoms with Crippen molar-refractivity contribution in [1.29, 1.82) is 0 Å². The number of amides is 1. The minimum atomic E-state index is -0.312. The first kappa shape index (κ1) is 13.5. The van der Waals surface area contributed by atoms with Crippen LogP contribution >= 0.6 is 0 Å². The van der Waals surface area contributed by atoms with E-state index in [0.717, 1.165) is 45.1 Å². The summed E-state index contributed by atoms with van der Waals surface area (Å²) >= 11 is 0. The Morgan fingerprint density at radius 2 is 2.31 bits per heavy atom. The first-order valence-corrected chi connectivity index (χ1v) is 6.39. The Morgan fingerprint density at radius 1 is 1.50 bits per heavy atom. The molecule has 1 saturated heterocycles. The van der Waals surface area contributed by atoms with Gasteiger partial charge in [0.1, 0.15) is 0 Å². The molecule has 4 heteroatoms. The third kappa shape index (κ3) is 3.46. The van der Waals surface area contributed by atoms with Crippen molar-refractivity contribution in [3.05, 3.63) is 0 Å². The quantitative estimate of drug-likeness (QED) is 0.565. The van der Waals surface area contributed by atoms with Crippen LogP contribution < -0.4 is 10.6 Å². The van der Waals surface area contributed by atoms with Crippen LogP contribution in [0, 0.1) is 0 Å². The number of aliphatic hydroxyl groups is 1. The Bertz CT molecular complexity index is 213. The van der Waals surface area contributed by atoms with E-state index in [0.29, 0.717) is 6.54 Å². The summed E-state index contributed by atoms with van der Waals surface area (Å²) in [5.41, 5.74) is -0.312. The van der Waals surface area contributed by atoms with Crippen LogP contribution in [0.15, 0.2) is 0 Å². The van der Waals surface area contributed by atoms with Crippen LogP contribution in [0.3, 0.4) is 0 Å². The highest BCUT2D eigenvalue weighted by molar-refractivity contribution is 5.86. The Labute approximate surface area is 97.8 Å². The number of aliphatic hydroxyl groups excluding tert-OH is 1. The van der Waals surface area contributed by atoms with Gasteiger partial charge in [0.2, 0.25) is 5.91 Å². The highest BCUT2D eigenvalue weighted by Gasteiger charge is 2.39. The van der Waals surface area contributed by atoms with E-state index in [4.69, 9.17) is 5.11 Å². The normalized spacial score (nSPS) is 24.6. The van der Waals surface area contributed by atoms with Gasteiger partial charge in [0.05, 0.1) is 5.54 Å². The number of rotatable bonds is 7. The molecule has 0 aliphatic carbocycles. The maximum atomic E-state index is 12.1. The van der Waals surface area contributed by atoms with E-state index in [2.05, 4.69) is 17.6 Å². The van der Waals surface area contributed by atoms with Gasteiger partial charge in [-0.15, -0.1) is 0 Å². The molecule has 1 fully saturated rings. The lowest BCUT2D eigenvalue weighted by Gasteiger charge is -2.27. The van der Waals surface area contributed by atoms with Crippen LogP contribution in [0.25, 0.3) is 0 Å². The van der Waals surface area contributed by atoms with Crippen molar-refractivity contribution >= 4 is 5.91 Å². The molecule has 0 aromatic heterocycles. The van der Waals surface area contributed by atoms with Crippen molar-refractivity contribution in [3.8, 4) is 0 Å². The highest BCUT2D eigenvalue weighted by Crippen LogP contribution is 2.24. The Morgan fingerprint density at radius 3 is 2.88 bits per heavy atom. The molecule has 1 amide bonds. The Balaban J connectivity index is 2.36. The molecule has 4 nitrogen and oxygen atoms in total. The van der Waals surface area contributed by atoms with E-state index in [-0.39, 0.29) is 18.1 Å². The first-order chi connectivity index (χ1) is 7.75. The average Bonchev–Trinajstić information content (AvgIpc) is 2.74. The number of carbonyl (C=O) groups is 1. The third-order valence-corrected chi connectivity index (χ3v) is 3.23. The van der Waals surface area contributed by atoms with E-state index < -0.39 is 0 Å². The molecule has 1 rings (SSSR count). The lowest BCUT2D eigenvalue weighted by atomic mass is 9.91. The van der Waals surface area contributed by atoms with Crippen LogP contribution in [0.2, 0.25) is 0 Å². The van der Waals surface area contributed by atoms with Crippen molar-refractivity contribution in [2.45, 2.75) is 51.0 Å². The molecule has 0 aromatic carbocycles. The molecule has 1 heterocycles. The van der Waals surface area contributed by atoms with Crippen LogP contribution in [0.1, 0.15) is 45.4 Å². The van der Waals surface area contributed by atoms with Gasteiger partial charge in [-0.2, -0.15) is 0 Å². The fourth-order valence-corrected chi connectivity index (χ4v) is 2.36. The Kier molecular flexibility index (Phi) is 5.77. The van der Waals surface area contributed by atoms with Gasteiger partial charge < -0.3 is 15.7 Å². The summed E-state index contributed by atoms with van der Waals surface area (Å²) in [6, 6.07) is 0. The average molecular weight is 228 g/mol. The lowest BCUT2D eigenvalue weighted by Crippen LogP contribution is -2.53. The molecule has 1 atom stereocenters. The number of unbranched alkanes of at least 4 members (excludes halogenated alkanes) is 1. The fraction of sp³-hybridized carbons (Fsp3) is 0.917. The third-order valence-electron chi connectivity index (χ3n) is 3.23. The minimum absolute atomic E-state index is 0.143. The molecule has 0 saturated carbocycles. The van der Waals surface area contributed by atoms with E-state index in [1.807, 2.05) is 0 Å². The molecule has 16 heavy (non-hydrogen) atoms. The van der Waals surface area contributed by atoms with Gasteiger partial charge in [0.25, 0.3) is 0 Å². The predicted octanol–water partition coefficient (Wildman–Crippen LogP) is 0.797. The number of hydrogen-bond donors (Lipinski definition) is 3. The second-order valence-electron chi connectivity index (χ2n) is 4.55. The molecular formula is C12H24N2O2. The summed E-state index contributed by atoms with van der Waals surface area (Å²) < 4.78 is 0.